The summed E-state index contributed by atoms with van der Waals surface area (Å²) in [5.41, 5.74) is 9.20. The zero-order chi connectivity index (χ0) is 21.9. The molecule has 1 aromatic heterocycles. The van der Waals surface area contributed by atoms with Crippen molar-refractivity contribution < 1.29 is 0 Å². The van der Waals surface area contributed by atoms with Gasteiger partial charge in [-0.2, -0.15) is 0 Å². The van der Waals surface area contributed by atoms with Crippen LogP contribution >= 0.6 is 0 Å². The van der Waals surface area contributed by atoms with Gasteiger partial charge in [-0.1, -0.05) is 104 Å². The van der Waals surface area contributed by atoms with E-state index in [-0.39, 0.29) is 0 Å². The van der Waals surface area contributed by atoms with E-state index in [0.717, 1.165) is 22.5 Å². The Hall–Kier alpha value is -4.10. The molecule has 1 heterocycles. The molecule has 154 valence electrons. The number of rotatable bonds is 5. The molecule has 5 aromatic rings. The predicted octanol–water partition coefficient (Wildman–Crippen LogP) is 8.39. The Morgan fingerprint density at radius 3 is 2.00 bits per heavy atom. The van der Waals surface area contributed by atoms with E-state index < -0.39 is 0 Å². The van der Waals surface area contributed by atoms with Gasteiger partial charge in [0.15, 0.2) is 0 Å². The Labute approximate surface area is 189 Å². The summed E-state index contributed by atoms with van der Waals surface area (Å²) in [7, 11) is 0. The fourth-order valence-corrected chi connectivity index (χ4v) is 4.38. The van der Waals surface area contributed by atoms with Crippen molar-refractivity contribution in [2.24, 2.45) is 0 Å². The van der Waals surface area contributed by atoms with Crippen LogP contribution in [0.4, 0.5) is 0 Å². The number of allylic oxidation sites excluding steroid dienone is 1. The second-order valence-electron chi connectivity index (χ2n) is 7.88. The van der Waals surface area contributed by atoms with Crippen molar-refractivity contribution >= 4 is 22.6 Å². The van der Waals surface area contributed by atoms with Crippen molar-refractivity contribution in [1.82, 2.24) is 4.57 Å². The molecule has 0 aliphatic carbocycles. The van der Waals surface area contributed by atoms with E-state index in [4.69, 9.17) is 0 Å². The van der Waals surface area contributed by atoms with E-state index in [1.54, 1.807) is 0 Å². The molecule has 1 heteroatoms. The fourth-order valence-electron chi connectivity index (χ4n) is 4.38. The van der Waals surface area contributed by atoms with Gasteiger partial charge in [-0.3, -0.25) is 0 Å². The number of hydrogen-bond donors (Lipinski definition) is 0. The van der Waals surface area contributed by atoms with Gasteiger partial charge in [-0.15, -0.1) is 0 Å². The second kappa shape index (κ2) is 8.56. The molecule has 5 rings (SSSR count). The van der Waals surface area contributed by atoms with Crippen LogP contribution in [0.3, 0.4) is 0 Å². The standard InChI is InChI=1S/C31H25N/c1-3-13-28-29-22-26(25-16-9-5-10-17-25)20-21-30(29)32(27-18-11-6-12-19-27)31(28)23(2)24-14-7-4-8-15-24/h3-22H,2H2,1H3/b13-3-. The highest BCUT2D eigenvalue weighted by Crippen LogP contribution is 2.38. The Morgan fingerprint density at radius 1 is 0.719 bits per heavy atom. The lowest BCUT2D eigenvalue weighted by Gasteiger charge is -2.14. The minimum absolute atomic E-state index is 1.01. The summed E-state index contributed by atoms with van der Waals surface area (Å²) in [6.07, 6.45) is 4.32. The van der Waals surface area contributed by atoms with Gasteiger partial charge in [0.25, 0.3) is 0 Å². The van der Waals surface area contributed by atoms with Gasteiger partial charge in [-0.25, -0.2) is 0 Å². The minimum Gasteiger partial charge on any atom is -0.309 e. The Balaban J connectivity index is 1.85. The molecule has 0 amide bonds. The molecule has 0 N–H and O–H groups in total. The highest BCUT2D eigenvalue weighted by Gasteiger charge is 2.20. The topological polar surface area (TPSA) is 4.93 Å². The van der Waals surface area contributed by atoms with Crippen LogP contribution in [0.5, 0.6) is 0 Å². The van der Waals surface area contributed by atoms with Crippen molar-refractivity contribution in [3.63, 3.8) is 0 Å². The summed E-state index contributed by atoms with van der Waals surface area (Å²) in [6.45, 7) is 6.62. The first kappa shape index (κ1) is 19.8. The molecular weight excluding hydrogens is 386 g/mol. The van der Waals surface area contributed by atoms with Crippen LogP contribution in [0.2, 0.25) is 0 Å². The second-order valence-corrected chi connectivity index (χ2v) is 7.88. The van der Waals surface area contributed by atoms with Crippen molar-refractivity contribution in [1.29, 1.82) is 0 Å². The minimum atomic E-state index is 1.01. The number of aromatic nitrogens is 1. The molecule has 0 saturated carbocycles. The third-order valence-corrected chi connectivity index (χ3v) is 5.87. The Kier molecular flexibility index (Phi) is 5.31. The lowest BCUT2D eigenvalue weighted by atomic mass is 9.98. The van der Waals surface area contributed by atoms with Crippen molar-refractivity contribution in [2.75, 3.05) is 0 Å². The van der Waals surface area contributed by atoms with Crippen LogP contribution in [0.15, 0.2) is 122 Å². The van der Waals surface area contributed by atoms with Gasteiger partial charge in [0, 0.05) is 16.6 Å². The van der Waals surface area contributed by atoms with Crippen molar-refractivity contribution in [2.45, 2.75) is 6.92 Å². The first-order valence-electron chi connectivity index (χ1n) is 10.9. The smallest absolute Gasteiger partial charge is 0.0613 e. The van der Waals surface area contributed by atoms with E-state index in [2.05, 4.69) is 133 Å². The largest absolute Gasteiger partial charge is 0.309 e. The van der Waals surface area contributed by atoms with Gasteiger partial charge in [-0.05, 0) is 53.5 Å². The number of para-hydroxylation sites is 1. The molecule has 0 bridgehead atoms. The highest BCUT2D eigenvalue weighted by atomic mass is 15.0. The molecule has 0 aliphatic rings. The summed E-state index contributed by atoms with van der Waals surface area (Å²) >= 11 is 0. The molecule has 4 aromatic carbocycles. The molecule has 1 nitrogen and oxygen atoms in total. The first-order valence-corrected chi connectivity index (χ1v) is 10.9. The summed E-state index contributed by atoms with van der Waals surface area (Å²) in [5.74, 6) is 0. The summed E-state index contributed by atoms with van der Waals surface area (Å²) in [4.78, 5) is 0. The van der Waals surface area contributed by atoms with Crippen LogP contribution in [0.1, 0.15) is 23.7 Å². The van der Waals surface area contributed by atoms with E-state index in [0.29, 0.717) is 0 Å². The molecule has 32 heavy (non-hydrogen) atoms. The predicted molar refractivity (Wildman–Crippen MR) is 138 cm³/mol. The summed E-state index contributed by atoms with van der Waals surface area (Å²) < 4.78 is 2.34. The SMILES string of the molecule is C=C(c1ccccc1)c1c(/C=C\C)c2cc(-c3ccccc3)ccc2n1-c1ccccc1. The van der Waals surface area contributed by atoms with E-state index in [1.165, 1.54) is 27.6 Å². The lowest BCUT2D eigenvalue weighted by molar-refractivity contribution is 1.10. The zero-order valence-electron chi connectivity index (χ0n) is 18.2. The lowest BCUT2D eigenvalue weighted by Crippen LogP contribution is -2.01. The van der Waals surface area contributed by atoms with Crippen LogP contribution in [0.25, 0.3) is 39.4 Å². The van der Waals surface area contributed by atoms with Crippen LogP contribution < -0.4 is 0 Å². The number of nitrogens with zero attached hydrogens (tertiary/aromatic N) is 1. The maximum atomic E-state index is 4.55. The van der Waals surface area contributed by atoms with Gasteiger partial charge < -0.3 is 4.57 Å². The van der Waals surface area contributed by atoms with Gasteiger partial charge in [0.05, 0.1) is 11.2 Å². The van der Waals surface area contributed by atoms with Gasteiger partial charge >= 0.3 is 0 Å². The zero-order valence-corrected chi connectivity index (χ0v) is 18.2. The number of benzene rings is 4. The molecule has 0 fully saturated rings. The average Bonchev–Trinajstić information content (AvgIpc) is 3.19. The van der Waals surface area contributed by atoms with E-state index in [9.17, 15) is 0 Å². The normalized spacial score (nSPS) is 11.3. The van der Waals surface area contributed by atoms with Crippen LogP contribution in [-0.4, -0.2) is 4.57 Å². The number of hydrogen-bond acceptors (Lipinski definition) is 0. The maximum Gasteiger partial charge on any atom is 0.0613 e. The molecule has 0 atom stereocenters. The van der Waals surface area contributed by atoms with Crippen LogP contribution in [0, 0.1) is 0 Å². The van der Waals surface area contributed by atoms with E-state index in [1.807, 2.05) is 6.07 Å². The third-order valence-electron chi connectivity index (χ3n) is 5.87. The molecule has 0 unspecified atom stereocenters. The van der Waals surface area contributed by atoms with Crippen molar-refractivity contribution in [3.05, 3.63) is 139 Å². The van der Waals surface area contributed by atoms with Gasteiger partial charge in [0.2, 0.25) is 0 Å². The third kappa shape index (κ3) is 3.48. The first-order chi connectivity index (χ1) is 15.8. The fraction of sp³-hybridized carbons (Fsp3) is 0.0323. The van der Waals surface area contributed by atoms with Gasteiger partial charge in [0.1, 0.15) is 0 Å². The van der Waals surface area contributed by atoms with Crippen LogP contribution in [-0.2, 0) is 0 Å². The van der Waals surface area contributed by atoms with Crippen molar-refractivity contribution in [3.8, 4) is 16.8 Å². The Morgan fingerprint density at radius 2 is 1.34 bits per heavy atom. The number of fused-ring (bicyclic) bond motifs is 1. The monoisotopic (exact) mass is 411 g/mol. The maximum absolute atomic E-state index is 4.55. The Bertz CT molecular complexity index is 1410. The molecular formula is C31H25N. The summed E-state index contributed by atoms with van der Waals surface area (Å²) in [6, 6.07) is 38.3. The average molecular weight is 412 g/mol. The molecule has 0 radical (unpaired) electrons. The van der Waals surface area contributed by atoms with E-state index >= 15 is 0 Å². The molecule has 0 aliphatic heterocycles. The molecule has 0 saturated heterocycles. The molecule has 0 spiro atoms. The highest BCUT2D eigenvalue weighted by molar-refractivity contribution is 6.01. The summed E-state index contributed by atoms with van der Waals surface area (Å²) in [5, 5.41) is 1.22. The quantitative estimate of drug-likeness (QED) is 0.274.